The molecule has 11 heteroatoms. The van der Waals surface area contributed by atoms with Crippen LogP contribution < -0.4 is 0 Å². The maximum Gasteiger partial charge on any atom is 0.528 e. The molecular weight excluding hydrogens is 484 g/mol. The summed E-state index contributed by atoms with van der Waals surface area (Å²) in [5, 5.41) is 15.4. The number of rotatable bonds is 4. The highest BCUT2D eigenvalue weighted by molar-refractivity contribution is 6.30. The fourth-order valence-corrected chi connectivity index (χ4v) is 5.08. The van der Waals surface area contributed by atoms with Crippen LogP contribution in [0.2, 0.25) is 5.02 Å². The van der Waals surface area contributed by atoms with E-state index in [-0.39, 0.29) is 12.5 Å². The molecule has 0 bridgehead atoms. The Kier molecular flexibility index (Phi) is 6.74. The van der Waals surface area contributed by atoms with Crippen molar-refractivity contribution in [1.29, 1.82) is 0 Å². The monoisotopic (exact) mass is 514 g/mol. The zero-order valence-corrected chi connectivity index (χ0v) is 21.8. The topological polar surface area (TPSA) is 108 Å². The Morgan fingerprint density at radius 2 is 1.89 bits per heavy atom. The summed E-state index contributed by atoms with van der Waals surface area (Å²) in [5.41, 5.74) is 1.20. The Morgan fingerprint density at radius 3 is 2.58 bits per heavy atom. The van der Waals surface area contributed by atoms with Crippen LogP contribution in [-0.4, -0.2) is 41.7 Å². The number of ether oxygens (including phenoxy) is 1. The van der Waals surface area contributed by atoms with Gasteiger partial charge in [0.25, 0.3) is 0 Å². The second kappa shape index (κ2) is 9.82. The van der Waals surface area contributed by atoms with Crippen molar-refractivity contribution >= 4 is 17.8 Å². The Balaban J connectivity index is 1.39. The average Bonchev–Trinajstić information content (AvgIpc) is 3.42. The summed E-state index contributed by atoms with van der Waals surface area (Å²) >= 11 is 6.34. The number of hydroxylamine groups is 2. The van der Waals surface area contributed by atoms with E-state index >= 15 is 0 Å². The first kappa shape index (κ1) is 24.7. The molecule has 1 saturated carbocycles. The highest BCUT2D eigenvalue weighted by Gasteiger charge is 2.33. The minimum atomic E-state index is -0.759. The molecule has 0 N–H and O–H groups in total. The van der Waals surface area contributed by atoms with Crippen molar-refractivity contribution in [3.63, 3.8) is 0 Å². The summed E-state index contributed by atoms with van der Waals surface area (Å²) in [7, 11) is 0. The number of carbonyl (C=O) groups is 1. The molecular formula is C25H31ClN6O4. The van der Waals surface area contributed by atoms with Crippen molar-refractivity contribution in [3.8, 4) is 5.69 Å². The first-order chi connectivity index (χ1) is 17.2. The molecule has 0 saturated heterocycles. The molecule has 0 amide bonds. The molecule has 1 fully saturated rings. The summed E-state index contributed by atoms with van der Waals surface area (Å²) in [6, 6.07) is 5.72. The van der Waals surface area contributed by atoms with E-state index in [2.05, 4.69) is 24.9 Å². The van der Waals surface area contributed by atoms with Crippen molar-refractivity contribution in [1.82, 2.24) is 30.0 Å². The van der Waals surface area contributed by atoms with Crippen molar-refractivity contribution in [2.45, 2.75) is 90.3 Å². The smallest absolute Gasteiger partial charge is 0.427 e. The molecule has 0 atom stereocenters. The summed E-state index contributed by atoms with van der Waals surface area (Å²) in [4.78, 5) is 22.5. The SMILES string of the molecule is CCc1nc([C@H]2CC[C@@H](c3nnc4n3-c3ccc(Cl)cc3CN(OC(=O)OC(C)(C)C)C4)CC2)no1. The van der Waals surface area contributed by atoms with Crippen molar-refractivity contribution < 1.29 is 18.9 Å². The summed E-state index contributed by atoms with van der Waals surface area (Å²) in [5.74, 6) is 3.63. The van der Waals surface area contributed by atoms with Gasteiger partial charge in [-0.05, 0) is 70.2 Å². The van der Waals surface area contributed by atoms with Crippen LogP contribution in [0.4, 0.5) is 4.79 Å². The minimum absolute atomic E-state index is 0.238. The maximum absolute atomic E-state index is 12.4. The molecule has 2 aliphatic rings. The van der Waals surface area contributed by atoms with Crippen LogP contribution in [-0.2, 0) is 29.1 Å². The second-order valence-electron chi connectivity index (χ2n) is 10.4. The summed E-state index contributed by atoms with van der Waals surface area (Å²) < 4.78 is 12.8. The van der Waals surface area contributed by atoms with Crippen molar-refractivity contribution in [3.05, 3.63) is 52.1 Å². The van der Waals surface area contributed by atoms with Gasteiger partial charge in [0.1, 0.15) is 11.4 Å². The molecule has 1 aliphatic carbocycles. The number of hydrogen-bond donors (Lipinski definition) is 0. The zero-order chi connectivity index (χ0) is 25.4. The maximum atomic E-state index is 12.4. The molecule has 1 aliphatic heterocycles. The van der Waals surface area contributed by atoms with E-state index in [1.165, 1.54) is 0 Å². The third-order valence-corrected chi connectivity index (χ3v) is 6.77. The van der Waals surface area contributed by atoms with E-state index in [0.717, 1.165) is 55.0 Å². The lowest BCUT2D eigenvalue weighted by Crippen LogP contribution is -2.31. The van der Waals surface area contributed by atoms with Crippen LogP contribution in [0.1, 0.15) is 94.1 Å². The molecule has 5 rings (SSSR count). The van der Waals surface area contributed by atoms with Crippen LogP contribution in [0, 0.1) is 0 Å². The number of fused-ring (bicyclic) bond motifs is 3. The van der Waals surface area contributed by atoms with Gasteiger partial charge in [-0.1, -0.05) is 23.7 Å². The van der Waals surface area contributed by atoms with Crippen LogP contribution >= 0.6 is 11.6 Å². The Morgan fingerprint density at radius 1 is 1.14 bits per heavy atom. The summed E-state index contributed by atoms with van der Waals surface area (Å²) in [6.07, 6.45) is 3.78. The largest absolute Gasteiger partial charge is 0.528 e. The standard InChI is InChI=1S/C25H31ClN6O4/c1-5-21-27-22(30-35-21)15-6-8-16(9-7-15)23-29-28-20-14-31(36-24(33)34-25(2,3)4)13-17-12-18(26)10-11-19(17)32(20)23/h10-12,15-16H,5-9,13-14H2,1-4H3/t15-,16+. The number of halogens is 1. The zero-order valence-electron chi connectivity index (χ0n) is 21.0. The van der Waals surface area contributed by atoms with E-state index in [0.29, 0.717) is 29.2 Å². The molecule has 0 radical (unpaired) electrons. The molecule has 36 heavy (non-hydrogen) atoms. The van der Waals surface area contributed by atoms with Crippen molar-refractivity contribution in [2.24, 2.45) is 0 Å². The fourth-order valence-electron chi connectivity index (χ4n) is 4.89. The lowest BCUT2D eigenvalue weighted by Gasteiger charge is -2.26. The Hall–Kier alpha value is -2.98. The quantitative estimate of drug-likeness (QED) is 0.417. The van der Waals surface area contributed by atoms with Gasteiger partial charge in [0.15, 0.2) is 11.6 Å². The first-order valence-electron chi connectivity index (χ1n) is 12.4. The molecule has 10 nitrogen and oxygen atoms in total. The van der Waals surface area contributed by atoms with Gasteiger partial charge in [-0.2, -0.15) is 4.98 Å². The van der Waals surface area contributed by atoms with Crippen molar-refractivity contribution in [2.75, 3.05) is 0 Å². The number of aromatic nitrogens is 5. The normalized spacial score (nSPS) is 20.4. The minimum Gasteiger partial charge on any atom is -0.427 e. The van der Waals surface area contributed by atoms with Crippen LogP contribution in [0.15, 0.2) is 22.7 Å². The highest BCUT2D eigenvalue weighted by atomic mass is 35.5. The van der Waals surface area contributed by atoms with Crippen LogP contribution in [0.3, 0.4) is 0 Å². The fraction of sp³-hybridized carbons (Fsp3) is 0.560. The van der Waals surface area contributed by atoms with Gasteiger partial charge in [-0.15, -0.1) is 15.3 Å². The number of carbonyl (C=O) groups excluding carboxylic acids is 1. The molecule has 2 aromatic heterocycles. The van der Waals surface area contributed by atoms with E-state index < -0.39 is 11.8 Å². The predicted molar refractivity (Wildman–Crippen MR) is 131 cm³/mol. The number of hydrogen-bond acceptors (Lipinski definition) is 9. The number of benzene rings is 1. The third kappa shape index (κ3) is 5.24. The lowest BCUT2D eigenvalue weighted by molar-refractivity contribution is -0.155. The molecule has 3 heterocycles. The van der Waals surface area contributed by atoms with E-state index in [9.17, 15) is 4.79 Å². The van der Waals surface area contributed by atoms with Gasteiger partial charge < -0.3 is 14.1 Å². The van der Waals surface area contributed by atoms with Gasteiger partial charge in [0.2, 0.25) is 5.89 Å². The Labute approximate surface area is 214 Å². The van der Waals surface area contributed by atoms with Gasteiger partial charge in [0.05, 0.1) is 18.8 Å². The second-order valence-corrected chi connectivity index (χ2v) is 10.8. The Bertz CT molecular complexity index is 1240. The lowest BCUT2D eigenvalue weighted by atomic mass is 9.81. The molecule has 0 unspecified atom stereocenters. The third-order valence-electron chi connectivity index (χ3n) is 6.54. The molecule has 3 aromatic rings. The first-order valence-corrected chi connectivity index (χ1v) is 12.8. The van der Waals surface area contributed by atoms with Gasteiger partial charge >= 0.3 is 6.16 Å². The number of nitrogens with zero attached hydrogens (tertiary/aromatic N) is 6. The highest BCUT2D eigenvalue weighted by Crippen LogP contribution is 2.41. The van der Waals surface area contributed by atoms with E-state index in [1.807, 2.05) is 25.1 Å². The predicted octanol–water partition coefficient (Wildman–Crippen LogP) is 5.49. The van der Waals surface area contributed by atoms with Gasteiger partial charge in [0, 0.05) is 23.3 Å². The van der Waals surface area contributed by atoms with E-state index in [1.54, 1.807) is 25.8 Å². The van der Waals surface area contributed by atoms with Crippen LogP contribution in [0.25, 0.3) is 5.69 Å². The van der Waals surface area contributed by atoms with Gasteiger partial charge in [-0.25, -0.2) is 4.79 Å². The van der Waals surface area contributed by atoms with E-state index in [4.69, 9.17) is 25.7 Å². The molecule has 192 valence electrons. The molecule has 0 spiro atoms. The molecule has 1 aromatic carbocycles. The summed E-state index contributed by atoms with van der Waals surface area (Å²) in [6.45, 7) is 8.02. The van der Waals surface area contributed by atoms with Crippen LogP contribution in [0.5, 0.6) is 0 Å². The number of aryl methyl sites for hydroxylation is 1. The average molecular weight is 515 g/mol. The van der Waals surface area contributed by atoms with Gasteiger partial charge in [-0.3, -0.25) is 4.57 Å².